The number of hydrogen-bond donors (Lipinski definition) is 2. The Kier molecular flexibility index (Phi) is 2.35. The molecule has 5 nitrogen and oxygen atoms in total. The van der Waals surface area contributed by atoms with Crippen LogP contribution < -0.4 is 5.73 Å². The molecule has 0 saturated heterocycles. The van der Waals surface area contributed by atoms with Crippen molar-refractivity contribution >= 4 is 22.1 Å². The average molecular weight is 201 g/mol. The SMILES string of the molecule is Nc1ccc(C=O)cc1S(=O)(=O)O. The van der Waals surface area contributed by atoms with Crippen LogP contribution in [0, 0.1) is 0 Å². The summed E-state index contributed by atoms with van der Waals surface area (Å²) in [5.74, 6) is 0. The smallest absolute Gasteiger partial charge is 0.296 e. The van der Waals surface area contributed by atoms with Crippen molar-refractivity contribution in [1.29, 1.82) is 0 Å². The molecule has 0 aliphatic heterocycles. The van der Waals surface area contributed by atoms with Gasteiger partial charge in [0.2, 0.25) is 0 Å². The second kappa shape index (κ2) is 3.15. The Morgan fingerprint density at radius 1 is 1.38 bits per heavy atom. The maximum atomic E-state index is 10.7. The van der Waals surface area contributed by atoms with E-state index in [9.17, 15) is 13.2 Å². The van der Waals surface area contributed by atoms with Gasteiger partial charge in [-0.2, -0.15) is 8.42 Å². The van der Waals surface area contributed by atoms with Gasteiger partial charge in [0.25, 0.3) is 10.1 Å². The second-order valence-corrected chi connectivity index (χ2v) is 3.78. The first-order valence-corrected chi connectivity index (χ1v) is 4.71. The van der Waals surface area contributed by atoms with E-state index in [1.165, 1.54) is 12.1 Å². The lowest BCUT2D eigenvalue weighted by molar-refractivity contribution is 0.112. The predicted molar refractivity (Wildman–Crippen MR) is 46.1 cm³/mol. The van der Waals surface area contributed by atoms with E-state index in [-0.39, 0.29) is 11.3 Å². The number of aldehydes is 1. The van der Waals surface area contributed by atoms with E-state index in [1.807, 2.05) is 0 Å². The summed E-state index contributed by atoms with van der Waals surface area (Å²) in [5, 5.41) is 0. The van der Waals surface area contributed by atoms with Crippen molar-refractivity contribution in [3.63, 3.8) is 0 Å². The van der Waals surface area contributed by atoms with Crippen LogP contribution in [-0.4, -0.2) is 19.3 Å². The molecule has 13 heavy (non-hydrogen) atoms. The number of nitrogen functional groups attached to an aromatic ring is 1. The molecule has 0 radical (unpaired) electrons. The Morgan fingerprint density at radius 2 is 2.00 bits per heavy atom. The normalized spacial score (nSPS) is 11.2. The molecule has 0 saturated carbocycles. The average Bonchev–Trinajstić information content (AvgIpc) is 2.03. The summed E-state index contributed by atoms with van der Waals surface area (Å²) in [6.07, 6.45) is 0.466. The van der Waals surface area contributed by atoms with Crippen molar-refractivity contribution < 1.29 is 17.8 Å². The highest BCUT2D eigenvalue weighted by molar-refractivity contribution is 7.86. The lowest BCUT2D eigenvalue weighted by atomic mass is 10.2. The molecular formula is C7H7NO4S. The van der Waals surface area contributed by atoms with Gasteiger partial charge >= 0.3 is 0 Å². The van der Waals surface area contributed by atoms with E-state index >= 15 is 0 Å². The number of carbonyl (C=O) groups is 1. The number of nitrogens with two attached hydrogens (primary N) is 1. The Labute approximate surface area is 74.9 Å². The molecule has 1 aromatic rings. The molecule has 0 atom stereocenters. The maximum absolute atomic E-state index is 10.7. The van der Waals surface area contributed by atoms with Crippen molar-refractivity contribution in [2.45, 2.75) is 4.90 Å². The molecule has 0 aliphatic rings. The fourth-order valence-electron chi connectivity index (χ4n) is 0.848. The van der Waals surface area contributed by atoms with Gasteiger partial charge < -0.3 is 5.73 Å². The third kappa shape index (κ3) is 2.04. The molecule has 0 unspecified atom stereocenters. The van der Waals surface area contributed by atoms with Crippen molar-refractivity contribution in [2.24, 2.45) is 0 Å². The van der Waals surface area contributed by atoms with Crippen molar-refractivity contribution in [3.05, 3.63) is 23.8 Å². The standard InChI is InChI=1S/C7H7NO4S/c8-6-2-1-5(4-9)3-7(6)13(10,11)12/h1-4H,8H2,(H,10,11,12). The minimum Gasteiger partial charge on any atom is -0.398 e. The minimum atomic E-state index is -4.35. The molecule has 6 heteroatoms. The summed E-state index contributed by atoms with van der Waals surface area (Å²) < 4.78 is 30.0. The van der Waals surface area contributed by atoms with Crippen LogP contribution in [0.3, 0.4) is 0 Å². The van der Waals surface area contributed by atoms with E-state index in [0.29, 0.717) is 6.29 Å². The zero-order valence-corrected chi connectivity index (χ0v) is 7.28. The number of carbonyl (C=O) groups excluding carboxylic acids is 1. The van der Waals surface area contributed by atoms with Gasteiger partial charge in [-0.3, -0.25) is 9.35 Å². The number of hydrogen-bond acceptors (Lipinski definition) is 4. The van der Waals surface area contributed by atoms with Crippen molar-refractivity contribution in [1.82, 2.24) is 0 Å². The van der Waals surface area contributed by atoms with Gasteiger partial charge in [0.05, 0.1) is 5.69 Å². The highest BCUT2D eigenvalue weighted by Crippen LogP contribution is 2.18. The van der Waals surface area contributed by atoms with Gasteiger partial charge in [-0.25, -0.2) is 0 Å². The monoisotopic (exact) mass is 201 g/mol. The highest BCUT2D eigenvalue weighted by Gasteiger charge is 2.13. The maximum Gasteiger partial charge on any atom is 0.296 e. The van der Waals surface area contributed by atoms with E-state index < -0.39 is 15.0 Å². The first kappa shape index (κ1) is 9.69. The number of anilines is 1. The largest absolute Gasteiger partial charge is 0.398 e. The quantitative estimate of drug-likeness (QED) is 0.408. The third-order valence-corrected chi connectivity index (χ3v) is 2.36. The van der Waals surface area contributed by atoms with Gasteiger partial charge in [0.15, 0.2) is 0 Å². The van der Waals surface area contributed by atoms with Gasteiger partial charge in [0.1, 0.15) is 11.2 Å². The van der Waals surface area contributed by atoms with Crippen LogP contribution in [0.5, 0.6) is 0 Å². The third-order valence-electron chi connectivity index (χ3n) is 1.45. The van der Waals surface area contributed by atoms with Crippen LogP contribution in [0.4, 0.5) is 5.69 Å². The summed E-state index contributed by atoms with van der Waals surface area (Å²) in [6, 6.07) is 3.61. The Balaban J connectivity index is 3.44. The zero-order chi connectivity index (χ0) is 10.1. The fraction of sp³-hybridized carbons (Fsp3) is 0. The lowest BCUT2D eigenvalue weighted by Gasteiger charge is -2.01. The van der Waals surface area contributed by atoms with Crippen LogP contribution in [0.2, 0.25) is 0 Å². The van der Waals surface area contributed by atoms with Crippen LogP contribution in [0.1, 0.15) is 10.4 Å². The molecule has 3 N–H and O–H groups in total. The van der Waals surface area contributed by atoms with Crippen LogP contribution >= 0.6 is 0 Å². The van der Waals surface area contributed by atoms with Crippen LogP contribution in [-0.2, 0) is 10.1 Å². The first-order chi connectivity index (χ1) is 5.95. The summed E-state index contributed by atoms with van der Waals surface area (Å²) in [4.78, 5) is 9.83. The Morgan fingerprint density at radius 3 is 2.46 bits per heavy atom. The summed E-state index contributed by atoms with van der Waals surface area (Å²) >= 11 is 0. The van der Waals surface area contributed by atoms with Crippen LogP contribution in [0.15, 0.2) is 23.1 Å². The Bertz CT molecular complexity index is 438. The van der Waals surface area contributed by atoms with Gasteiger partial charge in [-0.1, -0.05) is 0 Å². The number of benzene rings is 1. The predicted octanol–water partition coefficient (Wildman–Crippen LogP) is 0.328. The highest BCUT2D eigenvalue weighted by atomic mass is 32.2. The number of rotatable bonds is 2. The van der Waals surface area contributed by atoms with E-state index in [4.69, 9.17) is 10.3 Å². The van der Waals surface area contributed by atoms with E-state index in [0.717, 1.165) is 6.07 Å². The molecule has 0 heterocycles. The molecule has 0 amide bonds. The molecule has 0 fully saturated rings. The zero-order valence-electron chi connectivity index (χ0n) is 6.47. The van der Waals surface area contributed by atoms with Gasteiger partial charge in [-0.05, 0) is 18.2 Å². The Hall–Kier alpha value is -1.40. The second-order valence-electron chi connectivity index (χ2n) is 2.39. The molecule has 0 bridgehead atoms. The molecule has 0 aliphatic carbocycles. The minimum absolute atomic E-state index is 0.0897. The molecule has 1 rings (SSSR count). The molecule has 0 aromatic heterocycles. The van der Waals surface area contributed by atoms with E-state index in [1.54, 1.807) is 0 Å². The van der Waals surface area contributed by atoms with E-state index in [2.05, 4.69) is 0 Å². The summed E-state index contributed by atoms with van der Waals surface area (Å²) in [6.45, 7) is 0. The summed E-state index contributed by atoms with van der Waals surface area (Å²) in [7, 11) is -4.35. The molecule has 0 spiro atoms. The molecule has 70 valence electrons. The van der Waals surface area contributed by atoms with Crippen molar-refractivity contribution in [2.75, 3.05) is 5.73 Å². The topological polar surface area (TPSA) is 97.5 Å². The van der Waals surface area contributed by atoms with Gasteiger partial charge in [0, 0.05) is 5.56 Å². The first-order valence-electron chi connectivity index (χ1n) is 3.27. The lowest BCUT2D eigenvalue weighted by Crippen LogP contribution is -2.03. The molecular weight excluding hydrogens is 194 g/mol. The fourth-order valence-corrected chi connectivity index (χ4v) is 1.50. The van der Waals surface area contributed by atoms with Crippen LogP contribution in [0.25, 0.3) is 0 Å². The molecule has 1 aromatic carbocycles. The van der Waals surface area contributed by atoms with Crippen molar-refractivity contribution in [3.8, 4) is 0 Å². The van der Waals surface area contributed by atoms with Gasteiger partial charge in [-0.15, -0.1) is 0 Å². The summed E-state index contributed by atoms with van der Waals surface area (Å²) in [5.41, 5.74) is 5.33.